The molecule has 1 N–H and O–H groups in total. The monoisotopic (exact) mass is 528 g/mol. The van der Waals surface area contributed by atoms with E-state index in [1.54, 1.807) is 32.1 Å². The number of phenols is 1. The van der Waals surface area contributed by atoms with E-state index in [9.17, 15) is 14.7 Å². The van der Waals surface area contributed by atoms with Crippen molar-refractivity contribution in [3.05, 3.63) is 89.0 Å². The second kappa shape index (κ2) is 9.36. The highest BCUT2D eigenvalue weighted by Gasteiger charge is 2.33. The molecule has 0 aliphatic carbocycles. The molecule has 0 unspecified atom stereocenters. The molecule has 0 bridgehead atoms. The smallest absolute Gasteiger partial charge is 0.338 e. The quantitative estimate of drug-likeness (QED) is 0.513. The van der Waals surface area contributed by atoms with Gasteiger partial charge in [-0.1, -0.05) is 45.5 Å². The molecule has 170 valence electrons. The molecule has 1 aliphatic rings. The normalized spacial score (nSPS) is 15.8. The Morgan fingerprint density at radius 2 is 2.00 bits per heavy atom. The van der Waals surface area contributed by atoms with Crippen LogP contribution in [-0.2, 0) is 9.53 Å². The van der Waals surface area contributed by atoms with Gasteiger partial charge in [0, 0.05) is 4.47 Å². The zero-order valence-corrected chi connectivity index (χ0v) is 20.6. The molecule has 9 heteroatoms. The van der Waals surface area contributed by atoms with Crippen molar-refractivity contribution in [2.24, 2.45) is 4.99 Å². The molecule has 1 aliphatic heterocycles. The fourth-order valence-corrected chi connectivity index (χ4v) is 5.01. The minimum Gasteiger partial charge on any atom is -0.504 e. The number of ether oxygens (including phenoxy) is 2. The zero-order chi connectivity index (χ0) is 23.7. The third kappa shape index (κ3) is 4.38. The highest BCUT2D eigenvalue weighted by molar-refractivity contribution is 9.10. The summed E-state index contributed by atoms with van der Waals surface area (Å²) in [6, 6.07) is 11.7. The molecule has 1 aromatic heterocycles. The van der Waals surface area contributed by atoms with Crippen LogP contribution in [0.25, 0.3) is 6.08 Å². The number of benzene rings is 2. The summed E-state index contributed by atoms with van der Waals surface area (Å²) in [5, 5.41) is 10.1. The number of aromatic hydroxyl groups is 1. The van der Waals surface area contributed by atoms with Crippen molar-refractivity contribution in [2.45, 2.75) is 19.9 Å². The van der Waals surface area contributed by atoms with Gasteiger partial charge in [0.1, 0.15) is 0 Å². The number of methoxy groups -OCH3 is 1. The lowest BCUT2D eigenvalue weighted by atomic mass is 9.96. The summed E-state index contributed by atoms with van der Waals surface area (Å²) < 4.78 is 13.2. The number of allylic oxidation sites excluding steroid dienone is 1. The van der Waals surface area contributed by atoms with Crippen molar-refractivity contribution >= 4 is 39.3 Å². The molecule has 0 spiro atoms. The Hall–Kier alpha value is -3.17. The highest BCUT2D eigenvalue weighted by Crippen LogP contribution is 2.31. The number of esters is 1. The average Bonchev–Trinajstić information content (AvgIpc) is 3.08. The van der Waals surface area contributed by atoms with Crippen LogP contribution in [0.5, 0.6) is 11.5 Å². The Morgan fingerprint density at radius 1 is 1.27 bits per heavy atom. The number of carbonyl (C=O) groups is 1. The molecule has 33 heavy (non-hydrogen) atoms. The summed E-state index contributed by atoms with van der Waals surface area (Å²) in [6.45, 7) is 3.70. The molecular formula is C24H21BrN2O5S. The van der Waals surface area contributed by atoms with Gasteiger partial charge in [-0.2, -0.15) is 0 Å². The molecule has 0 amide bonds. The standard InChI is InChI=1S/C24H21BrN2O5S/c1-4-32-23(30)20-13(2)26-24-27(21(20)15-6-8-16(25)9-7-15)22(29)19(33-24)12-14-5-10-18(31-3)17(28)11-14/h5-12,21,28H,4H2,1-3H3/b19-12-/t21-/m0/s1. The van der Waals surface area contributed by atoms with Crippen LogP contribution in [0.15, 0.2) is 68.0 Å². The van der Waals surface area contributed by atoms with Gasteiger partial charge in [0.15, 0.2) is 16.3 Å². The molecule has 7 nitrogen and oxygen atoms in total. The average molecular weight is 529 g/mol. The highest BCUT2D eigenvalue weighted by atomic mass is 79.9. The van der Waals surface area contributed by atoms with Gasteiger partial charge in [-0.15, -0.1) is 0 Å². The maximum absolute atomic E-state index is 13.5. The van der Waals surface area contributed by atoms with Crippen molar-refractivity contribution in [3.63, 3.8) is 0 Å². The summed E-state index contributed by atoms with van der Waals surface area (Å²) in [7, 11) is 1.47. The van der Waals surface area contributed by atoms with Gasteiger partial charge >= 0.3 is 5.97 Å². The third-order valence-electron chi connectivity index (χ3n) is 5.20. The number of carbonyl (C=O) groups excluding carboxylic acids is 1. The first kappa shape index (κ1) is 23.0. The van der Waals surface area contributed by atoms with Gasteiger partial charge in [-0.3, -0.25) is 9.36 Å². The second-order valence-electron chi connectivity index (χ2n) is 7.29. The van der Waals surface area contributed by atoms with Gasteiger partial charge in [0.25, 0.3) is 5.56 Å². The third-order valence-corrected chi connectivity index (χ3v) is 6.72. The summed E-state index contributed by atoms with van der Waals surface area (Å²) in [4.78, 5) is 31.4. The van der Waals surface area contributed by atoms with Gasteiger partial charge in [-0.25, -0.2) is 9.79 Å². The van der Waals surface area contributed by atoms with E-state index >= 15 is 0 Å². The van der Waals surface area contributed by atoms with E-state index < -0.39 is 12.0 Å². The lowest BCUT2D eigenvalue weighted by Gasteiger charge is -2.24. The Bertz CT molecular complexity index is 1440. The van der Waals surface area contributed by atoms with E-state index in [0.29, 0.717) is 31.9 Å². The topological polar surface area (TPSA) is 90.1 Å². The van der Waals surface area contributed by atoms with Gasteiger partial charge < -0.3 is 14.6 Å². The van der Waals surface area contributed by atoms with Crippen LogP contribution in [0, 0.1) is 0 Å². The molecule has 0 radical (unpaired) electrons. The number of aromatic nitrogens is 1. The van der Waals surface area contributed by atoms with Crippen molar-refractivity contribution in [2.75, 3.05) is 13.7 Å². The number of nitrogens with zero attached hydrogens (tertiary/aromatic N) is 2. The predicted octanol–water partition coefficient (Wildman–Crippen LogP) is 3.28. The molecular weight excluding hydrogens is 508 g/mol. The SMILES string of the molecule is CCOC(=O)C1=C(C)N=c2s/c(=C\c3ccc(OC)c(O)c3)c(=O)n2[C@H]1c1ccc(Br)cc1. The number of hydrogen-bond donors (Lipinski definition) is 1. The fourth-order valence-electron chi connectivity index (χ4n) is 3.70. The maximum atomic E-state index is 13.5. The molecule has 0 fully saturated rings. The summed E-state index contributed by atoms with van der Waals surface area (Å²) in [5.74, 6) is -0.174. The van der Waals surface area contributed by atoms with Crippen molar-refractivity contribution < 1.29 is 19.4 Å². The first-order valence-corrected chi connectivity index (χ1v) is 11.8. The van der Waals surface area contributed by atoms with E-state index in [1.807, 2.05) is 24.3 Å². The first-order chi connectivity index (χ1) is 15.8. The number of thiazole rings is 1. The summed E-state index contributed by atoms with van der Waals surface area (Å²) >= 11 is 4.66. The van der Waals surface area contributed by atoms with E-state index in [4.69, 9.17) is 9.47 Å². The fraction of sp³-hybridized carbons (Fsp3) is 0.208. The van der Waals surface area contributed by atoms with Crippen LogP contribution in [-0.4, -0.2) is 29.4 Å². The zero-order valence-electron chi connectivity index (χ0n) is 18.2. The van der Waals surface area contributed by atoms with Crippen molar-refractivity contribution in [3.8, 4) is 11.5 Å². The molecule has 0 saturated heterocycles. The number of phenolic OH excluding ortho intramolecular Hbond substituents is 1. The molecule has 2 aromatic carbocycles. The van der Waals surface area contributed by atoms with E-state index in [0.717, 1.165) is 10.0 Å². The van der Waals surface area contributed by atoms with E-state index in [2.05, 4.69) is 20.9 Å². The number of halogens is 1. The lowest BCUT2D eigenvalue weighted by Crippen LogP contribution is -2.39. The van der Waals surface area contributed by atoms with Crippen molar-refractivity contribution in [1.29, 1.82) is 0 Å². The van der Waals surface area contributed by atoms with Crippen LogP contribution < -0.4 is 19.6 Å². The maximum Gasteiger partial charge on any atom is 0.338 e. The van der Waals surface area contributed by atoms with Crippen LogP contribution in [0.4, 0.5) is 0 Å². The van der Waals surface area contributed by atoms with E-state index in [1.165, 1.54) is 29.1 Å². The Balaban J connectivity index is 1.93. The minimum atomic E-state index is -0.667. The molecule has 4 rings (SSSR count). The van der Waals surface area contributed by atoms with Gasteiger partial charge in [0.2, 0.25) is 0 Å². The molecule has 1 atom stereocenters. The Kier molecular flexibility index (Phi) is 6.53. The van der Waals surface area contributed by atoms with Crippen LogP contribution in [0.2, 0.25) is 0 Å². The molecule has 3 aromatic rings. The summed E-state index contributed by atoms with van der Waals surface area (Å²) in [5.41, 5.74) is 1.97. The number of rotatable bonds is 5. The summed E-state index contributed by atoms with van der Waals surface area (Å²) in [6.07, 6.45) is 1.69. The number of fused-ring (bicyclic) bond motifs is 1. The van der Waals surface area contributed by atoms with Crippen LogP contribution in [0.3, 0.4) is 0 Å². The first-order valence-electron chi connectivity index (χ1n) is 10.2. The predicted molar refractivity (Wildman–Crippen MR) is 129 cm³/mol. The lowest BCUT2D eigenvalue weighted by molar-refractivity contribution is -0.139. The second-order valence-corrected chi connectivity index (χ2v) is 9.21. The van der Waals surface area contributed by atoms with Crippen molar-refractivity contribution in [1.82, 2.24) is 4.57 Å². The Morgan fingerprint density at radius 3 is 2.64 bits per heavy atom. The van der Waals surface area contributed by atoms with Crippen LogP contribution >= 0.6 is 27.3 Å². The van der Waals surface area contributed by atoms with Gasteiger partial charge in [0.05, 0.1) is 35.6 Å². The largest absolute Gasteiger partial charge is 0.504 e. The van der Waals surface area contributed by atoms with Gasteiger partial charge in [-0.05, 0) is 55.3 Å². The van der Waals surface area contributed by atoms with Crippen LogP contribution in [0.1, 0.15) is 31.0 Å². The molecule has 0 saturated carbocycles. The Labute approximate surface area is 202 Å². The minimum absolute atomic E-state index is 0.0211. The molecule has 2 heterocycles. The number of hydrogen-bond acceptors (Lipinski definition) is 7. The van der Waals surface area contributed by atoms with E-state index in [-0.39, 0.29) is 17.9 Å².